The van der Waals surface area contributed by atoms with Gasteiger partial charge in [-0.05, 0) is 0 Å². The minimum absolute atomic E-state index is 0.0362. The van der Waals surface area contributed by atoms with E-state index in [-0.39, 0.29) is 6.29 Å². The summed E-state index contributed by atoms with van der Waals surface area (Å²) in [5.74, 6) is 3.56. The van der Waals surface area contributed by atoms with Crippen molar-refractivity contribution in [1.82, 2.24) is 0 Å². The summed E-state index contributed by atoms with van der Waals surface area (Å²) in [4.78, 5) is 0. The van der Waals surface area contributed by atoms with Crippen LogP contribution in [0, 0.1) is 9.86 Å². The van der Waals surface area contributed by atoms with Crippen molar-refractivity contribution >= 4 is 18.4 Å². The zero-order valence-electron chi connectivity index (χ0n) is 16.5. The Morgan fingerprint density at radius 2 is 1.58 bits per heavy atom. The number of ether oxygens (including phenoxy) is 2. The first-order valence-corrected chi connectivity index (χ1v) is 18.0. The molecule has 1 rings (SSSR count). The Balaban J connectivity index is 2.50. The standard InChI is InChI=1S/C9H13O2.3C4H9.Sn/c1-2-3-7-10-9-6-4-5-8-11-9;3*1-3-4-2;/h9H,3-8H2;3*1,3-4H2,2H3;. The summed E-state index contributed by atoms with van der Waals surface area (Å²) in [5.41, 5.74) is 0. The molecule has 1 aliphatic heterocycles. The van der Waals surface area contributed by atoms with Gasteiger partial charge in [0.2, 0.25) is 0 Å². The summed E-state index contributed by atoms with van der Waals surface area (Å²) in [7, 11) is 0. The fourth-order valence-corrected chi connectivity index (χ4v) is 16.9. The van der Waals surface area contributed by atoms with Gasteiger partial charge in [0.05, 0.1) is 0 Å². The van der Waals surface area contributed by atoms with Gasteiger partial charge in [-0.2, -0.15) is 0 Å². The van der Waals surface area contributed by atoms with Gasteiger partial charge in [-0.1, -0.05) is 0 Å². The van der Waals surface area contributed by atoms with Crippen LogP contribution in [0.2, 0.25) is 13.3 Å². The molecule has 2 nitrogen and oxygen atoms in total. The van der Waals surface area contributed by atoms with Crippen LogP contribution < -0.4 is 0 Å². The van der Waals surface area contributed by atoms with E-state index in [0.29, 0.717) is 0 Å². The van der Waals surface area contributed by atoms with Crippen LogP contribution in [0.15, 0.2) is 0 Å². The summed E-state index contributed by atoms with van der Waals surface area (Å²) in [5, 5.41) is 0. The Bertz CT molecular complexity index is 331. The van der Waals surface area contributed by atoms with E-state index in [4.69, 9.17) is 9.47 Å². The molecule has 0 saturated carbocycles. The summed E-state index contributed by atoms with van der Waals surface area (Å²) >= 11 is -2.24. The molecule has 0 aliphatic carbocycles. The molecule has 0 aromatic carbocycles. The van der Waals surface area contributed by atoms with Gasteiger partial charge in [0.1, 0.15) is 0 Å². The van der Waals surface area contributed by atoms with Crippen molar-refractivity contribution < 1.29 is 9.47 Å². The van der Waals surface area contributed by atoms with Gasteiger partial charge in [-0.15, -0.1) is 0 Å². The quantitative estimate of drug-likeness (QED) is 0.200. The average Bonchev–Trinajstić information content (AvgIpc) is 2.63. The van der Waals surface area contributed by atoms with Gasteiger partial charge in [0, 0.05) is 0 Å². The van der Waals surface area contributed by atoms with Crippen LogP contribution in [-0.4, -0.2) is 37.9 Å². The molecule has 0 bridgehead atoms. The molecule has 1 unspecified atom stereocenters. The van der Waals surface area contributed by atoms with Crippen LogP contribution in [0.5, 0.6) is 0 Å². The van der Waals surface area contributed by atoms with E-state index in [0.717, 1.165) is 26.1 Å². The van der Waals surface area contributed by atoms with Gasteiger partial charge in [-0.25, -0.2) is 0 Å². The third-order valence-corrected chi connectivity index (χ3v) is 18.3. The van der Waals surface area contributed by atoms with E-state index in [9.17, 15) is 0 Å². The summed E-state index contributed by atoms with van der Waals surface area (Å²) in [6, 6.07) is 0. The molecule has 0 amide bonds. The zero-order chi connectivity index (χ0) is 17.5. The first-order valence-electron chi connectivity index (χ1n) is 10.5. The van der Waals surface area contributed by atoms with Crippen molar-refractivity contribution in [3.63, 3.8) is 0 Å². The molecule has 0 N–H and O–H groups in total. The monoisotopic (exact) mass is 444 g/mol. The second-order valence-corrected chi connectivity index (χ2v) is 19.6. The molecule has 3 heteroatoms. The van der Waals surface area contributed by atoms with E-state index in [1.54, 1.807) is 0 Å². The van der Waals surface area contributed by atoms with Crippen molar-refractivity contribution in [1.29, 1.82) is 0 Å². The van der Waals surface area contributed by atoms with E-state index in [1.807, 2.05) is 0 Å². The Kier molecular flexibility index (Phi) is 13.4. The molecule has 0 radical (unpaired) electrons. The molecule has 0 spiro atoms. The Labute approximate surface area is 155 Å². The molecule has 1 aliphatic rings. The van der Waals surface area contributed by atoms with Crippen molar-refractivity contribution in [3.8, 4) is 9.86 Å². The zero-order valence-corrected chi connectivity index (χ0v) is 19.4. The predicted molar refractivity (Wildman–Crippen MR) is 107 cm³/mol. The first kappa shape index (κ1) is 22.3. The molecule has 1 saturated heterocycles. The molecule has 1 heterocycles. The van der Waals surface area contributed by atoms with Crippen molar-refractivity contribution in [2.45, 2.75) is 105 Å². The Morgan fingerprint density at radius 1 is 0.958 bits per heavy atom. The van der Waals surface area contributed by atoms with Crippen LogP contribution in [-0.2, 0) is 9.47 Å². The van der Waals surface area contributed by atoms with Gasteiger partial charge in [-0.3, -0.25) is 0 Å². The molecule has 1 atom stereocenters. The van der Waals surface area contributed by atoms with Crippen LogP contribution in [0.4, 0.5) is 0 Å². The van der Waals surface area contributed by atoms with Crippen molar-refractivity contribution in [2.75, 3.05) is 13.2 Å². The van der Waals surface area contributed by atoms with Gasteiger partial charge >= 0.3 is 156 Å². The maximum absolute atomic E-state index is 5.84. The predicted octanol–water partition coefficient (Wildman–Crippen LogP) is 6.31. The third kappa shape index (κ3) is 9.68. The van der Waals surface area contributed by atoms with Crippen molar-refractivity contribution in [2.24, 2.45) is 0 Å². The maximum atomic E-state index is 5.84. The van der Waals surface area contributed by atoms with Crippen LogP contribution in [0.1, 0.15) is 85.0 Å². The normalized spacial score (nSPS) is 18.2. The van der Waals surface area contributed by atoms with Gasteiger partial charge in [0.15, 0.2) is 0 Å². The topological polar surface area (TPSA) is 18.5 Å². The van der Waals surface area contributed by atoms with E-state index in [2.05, 4.69) is 30.6 Å². The second kappa shape index (κ2) is 14.4. The minimum atomic E-state index is -2.24. The number of hydrogen-bond donors (Lipinski definition) is 0. The summed E-state index contributed by atoms with van der Waals surface area (Å²) < 4.78 is 19.8. The average molecular weight is 443 g/mol. The van der Waals surface area contributed by atoms with Crippen molar-refractivity contribution in [3.05, 3.63) is 0 Å². The van der Waals surface area contributed by atoms with Crippen LogP contribution in [0.3, 0.4) is 0 Å². The molecule has 140 valence electrons. The number of hydrogen-bond acceptors (Lipinski definition) is 2. The number of rotatable bonds is 12. The Hall–Kier alpha value is 0.279. The fourth-order valence-electron chi connectivity index (χ4n) is 3.44. The number of unbranched alkanes of at least 4 members (excludes halogenated alkanes) is 3. The summed E-state index contributed by atoms with van der Waals surface area (Å²) in [6.07, 6.45) is 12.5. The molecule has 24 heavy (non-hydrogen) atoms. The summed E-state index contributed by atoms with van der Waals surface area (Å²) in [6.45, 7) is 8.57. The molecule has 1 fully saturated rings. The fraction of sp³-hybridized carbons (Fsp3) is 0.905. The molecular weight excluding hydrogens is 403 g/mol. The first-order chi connectivity index (χ1) is 11.8. The molecule has 0 aromatic heterocycles. The van der Waals surface area contributed by atoms with Crippen LogP contribution in [0.25, 0.3) is 0 Å². The second-order valence-electron chi connectivity index (χ2n) is 7.31. The van der Waals surface area contributed by atoms with E-state index < -0.39 is 18.4 Å². The van der Waals surface area contributed by atoms with Gasteiger partial charge < -0.3 is 0 Å². The molecular formula is C21H40O2Sn. The Morgan fingerprint density at radius 3 is 2.08 bits per heavy atom. The van der Waals surface area contributed by atoms with E-state index >= 15 is 0 Å². The van der Waals surface area contributed by atoms with Gasteiger partial charge in [0.25, 0.3) is 0 Å². The molecule has 0 aromatic rings. The van der Waals surface area contributed by atoms with E-state index in [1.165, 1.54) is 64.7 Å². The third-order valence-electron chi connectivity index (χ3n) is 5.05. The SMILES string of the molecule is CCC[CH2][Sn]([C]#CCCOC1CCCCO1)([CH2]CCC)[CH2]CCC. The van der Waals surface area contributed by atoms with Crippen LogP contribution >= 0.6 is 0 Å².